The Morgan fingerprint density at radius 1 is 0.921 bits per heavy atom. The van der Waals surface area contributed by atoms with Crippen molar-refractivity contribution >= 4 is 35.1 Å². The minimum Gasteiger partial charge on any atom is -0.493 e. The number of aliphatic carboxylic acids is 1. The zero-order valence-corrected chi connectivity index (χ0v) is 22.0. The van der Waals surface area contributed by atoms with Gasteiger partial charge in [-0.05, 0) is 54.8 Å². The molecule has 1 heterocycles. The van der Waals surface area contributed by atoms with Gasteiger partial charge in [0.25, 0.3) is 0 Å². The molecule has 1 aromatic heterocycles. The average Bonchev–Trinajstić information content (AvgIpc) is 2.90. The molecule has 0 radical (unpaired) electrons. The van der Waals surface area contributed by atoms with Crippen molar-refractivity contribution in [2.45, 2.75) is 40.0 Å². The smallest absolute Gasteiger partial charge is 0.324 e. The molecule has 10 heteroatoms. The maximum absolute atomic E-state index is 12.5. The van der Waals surface area contributed by atoms with Crippen LogP contribution >= 0.6 is 0 Å². The topological polar surface area (TPSA) is 139 Å². The molecule has 0 bridgehead atoms. The molecule has 0 saturated carbocycles. The van der Waals surface area contributed by atoms with Crippen molar-refractivity contribution in [3.63, 3.8) is 0 Å². The third-order valence-electron chi connectivity index (χ3n) is 5.06. The van der Waals surface area contributed by atoms with Gasteiger partial charge in [-0.2, -0.15) is 0 Å². The van der Waals surface area contributed by atoms with Gasteiger partial charge in [-0.3, -0.25) is 14.9 Å². The summed E-state index contributed by atoms with van der Waals surface area (Å²) in [6.45, 7) is 6.06. The molecule has 0 spiro atoms. The zero-order chi connectivity index (χ0) is 27.9. The lowest BCUT2D eigenvalue weighted by molar-refractivity contribution is -0.137. The van der Waals surface area contributed by atoms with Crippen molar-refractivity contribution in [2.24, 2.45) is 0 Å². The van der Waals surface area contributed by atoms with E-state index in [2.05, 4.69) is 20.9 Å². The zero-order valence-electron chi connectivity index (χ0n) is 22.0. The third kappa shape index (κ3) is 9.81. The summed E-state index contributed by atoms with van der Waals surface area (Å²) in [4.78, 5) is 39.5. The number of benzene rings is 2. The van der Waals surface area contributed by atoms with Crippen LogP contribution in [0.15, 0.2) is 60.8 Å². The molecule has 2 aromatic carbocycles. The van der Waals surface area contributed by atoms with Crippen LogP contribution in [0.4, 0.5) is 22.0 Å². The van der Waals surface area contributed by atoms with Crippen LogP contribution < -0.4 is 25.4 Å². The number of ether oxygens (including phenoxy) is 2. The van der Waals surface area contributed by atoms with Gasteiger partial charge < -0.3 is 25.2 Å². The van der Waals surface area contributed by atoms with Gasteiger partial charge in [-0.15, -0.1) is 0 Å². The van der Waals surface area contributed by atoms with Gasteiger partial charge in [-0.25, -0.2) is 9.78 Å². The Morgan fingerprint density at radius 3 is 2.29 bits per heavy atom. The number of hydrogen-bond donors (Lipinski definition) is 4. The van der Waals surface area contributed by atoms with Crippen molar-refractivity contribution < 1.29 is 29.0 Å². The SMILES string of the molecule is CC.COc1ccc(NC(=O)Cc2ccc(NC(=O)Nc3ncccc3C)cc2)cc1OCCCC(=O)O. The Hall–Kier alpha value is -4.60. The van der Waals surface area contributed by atoms with E-state index in [-0.39, 0.29) is 25.4 Å². The summed E-state index contributed by atoms with van der Waals surface area (Å²) < 4.78 is 10.9. The van der Waals surface area contributed by atoms with Gasteiger partial charge in [0.2, 0.25) is 5.91 Å². The number of carbonyl (C=O) groups excluding carboxylic acids is 2. The molecule has 0 aliphatic rings. The summed E-state index contributed by atoms with van der Waals surface area (Å²) in [5, 5.41) is 17.0. The van der Waals surface area contributed by atoms with E-state index in [1.807, 2.05) is 26.8 Å². The third-order valence-corrected chi connectivity index (χ3v) is 5.06. The largest absolute Gasteiger partial charge is 0.493 e. The van der Waals surface area contributed by atoms with E-state index >= 15 is 0 Å². The number of aryl methyl sites for hydroxylation is 1. The quantitative estimate of drug-likeness (QED) is 0.244. The molecule has 3 rings (SSSR count). The van der Waals surface area contributed by atoms with E-state index in [9.17, 15) is 14.4 Å². The molecule has 0 aliphatic heterocycles. The standard InChI is InChI=1S/C26H28N4O6.C2H6/c1-17-5-3-13-27-25(17)30-26(34)29-19-9-7-18(8-10-19)15-23(31)28-20-11-12-21(35-2)22(16-20)36-14-4-6-24(32)33;1-2/h3,5,7-13,16H,4,6,14-15H2,1-2H3,(H,28,31)(H,32,33)(H2,27,29,30,34);1-2H3. The second-order valence-electron chi connectivity index (χ2n) is 7.88. The molecule has 10 nitrogen and oxygen atoms in total. The van der Waals surface area contributed by atoms with Gasteiger partial charge in [0.1, 0.15) is 5.82 Å². The molecule has 0 saturated heterocycles. The molecule has 202 valence electrons. The van der Waals surface area contributed by atoms with Crippen LogP contribution in [-0.2, 0) is 16.0 Å². The van der Waals surface area contributed by atoms with Crippen molar-refractivity contribution in [3.05, 3.63) is 71.9 Å². The normalized spacial score (nSPS) is 9.89. The van der Waals surface area contributed by atoms with Crippen LogP contribution in [0.25, 0.3) is 0 Å². The first-order chi connectivity index (χ1) is 18.3. The molecule has 0 aliphatic carbocycles. The molecular weight excluding hydrogens is 488 g/mol. The van der Waals surface area contributed by atoms with Crippen molar-refractivity contribution in [3.8, 4) is 11.5 Å². The summed E-state index contributed by atoms with van der Waals surface area (Å²) in [5.74, 6) is 0.249. The van der Waals surface area contributed by atoms with Crippen LogP contribution in [0.3, 0.4) is 0 Å². The van der Waals surface area contributed by atoms with E-state index < -0.39 is 12.0 Å². The number of pyridine rings is 1. The Labute approximate surface area is 222 Å². The first kappa shape index (κ1) is 29.6. The number of anilines is 3. The predicted octanol–water partition coefficient (Wildman–Crippen LogP) is 5.49. The van der Waals surface area contributed by atoms with Crippen LogP contribution in [0, 0.1) is 6.92 Å². The minimum absolute atomic E-state index is 0.00162. The number of amides is 3. The number of carbonyl (C=O) groups is 3. The molecular formula is C28H34N4O6. The summed E-state index contributed by atoms with van der Waals surface area (Å²) in [6, 6.07) is 15.2. The van der Waals surface area contributed by atoms with Gasteiger partial charge in [0, 0.05) is 30.1 Å². The summed E-state index contributed by atoms with van der Waals surface area (Å²) >= 11 is 0. The average molecular weight is 523 g/mol. The van der Waals surface area contributed by atoms with Gasteiger partial charge in [0.15, 0.2) is 11.5 Å². The lowest BCUT2D eigenvalue weighted by Gasteiger charge is -2.13. The van der Waals surface area contributed by atoms with Gasteiger partial charge >= 0.3 is 12.0 Å². The molecule has 38 heavy (non-hydrogen) atoms. The predicted molar refractivity (Wildman–Crippen MR) is 147 cm³/mol. The number of nitrogens with zero attached hydrogens (tertiary/aromatic N) is 1. The number of urea groups is 1. The van der Waals surface area contributed by atoms with Crippen LogP contribution in [0.5, 0.6) is 11.5 Å². The number of hydrogen-bond acceptors (Lipinski definition) is 6. The lowest BCUT2D eigenvalue weighted by Crippen LogP contribution is -2.20. The number of rotatable bonds is 11. The highest BCUT2D eigenvalue weighted by Crippen LogP contribution is 2.30. The Balaban J connectivity index is 0.00000247. The van der Waals surface area contributed by atoms with Gasteiger partial charge in [0.05, 0.1) is 20.1 Å². The first-order valence-corrected chi connectivity index (χ1v) is 12.2. The lowest BCUT2D eigenvalue weighted by atomic mass is 10.1. The van der Waals surface area contributed by atoms with Crippen molar-refractivity contribution in [1.82, 2.24) is 4.98 Å². The summed E-state index contributed by atoms with van der Waals surface area (Å²) in [7, 11) is 1.50. The molecule has 0 atom stereocenters. The number of carboxylic acids is 1. The number of nitrogens with one attached hydrogen (secondary N) is 3. The monoisotopic (exact) mass is 522 g/mol. The van der Waals surface area contributed by atoms with E-state index in [0.29, 0.717) is 35.1 Å². The fourth-order valence-electron chi connectivity index (χ4n) is 3.26. The van der Waals surface area contributed by atoms with E-state index in [0.717, 1.165) is 11.1 Å². The maximum atomic E-state index is 12.5. The van der Waals surface area contributed by atoms with Gasteiger partial charge in [-0.1, -0.05) is 32.0 Å². The van der Waals surface area contributed by atoms with Crippen LogP contribution in [-0.4, -0.2) is 41.7 Å². The highest BCUT2D eigenvalue weighted by atomic mass is 16.5. The summed E-state index contributed by atoms with van der Waals surface area (Å²) in [5.41, 5.74) is 2.71. The van der Waals surface area contributed by atoms with Crippen LogP contribution in [0.1, 0.15) is 37.8 Å². The molecule has 3 amide bonds. The van der Waals surface area contributed by atoms with E-state index in [1.54, 1.807) is 54.7 Å². The second-order valence-corrected chi connectivity index (χ2v) is 7.88. The fourth-order valence-corrected chi connectivity index (χ4v) is 3.26. The Kier molecular flexibility index (Phi) is 12.1. The Morgan fingerprint density at radius 2 is 1.63 bits per heavy atom. The van der Waals surface area contributed by atoms with E-state index in [1.165, 1.54) is 7.11 Å². The molecule has 0 fully saturated rings. The fraction of sp³-hybridized carbons (Fsp3) is 0.286. The second kappa shape index (κ2) is 15.5. The van der Waals surface area contributed by atoms with E-state index in [4.69, 9.17) is 14.6 Å². The van der Waals surface area contributed by atoms with Crippen molar-refractivity contribution in [1.29, 1.82) is 0 Å². The molecule has 3 aromatic rings. The number of methoxy groups -OCH3 is 1. The molecule has 0 unspecified atom stereocenters. The maximum Gasteiger partial charge on any atom is 0.324 e. The Bertz CT molecular complexity index is 1210. The van der Waals surface area contributed by atoms with Crippen LogP contribution in [0.2, 0.25) is 0 Å². The first-order valence-electron chi connectivity index (χ1n) is 12.2. The number of aromatic nitrogens is 1. The molecule has 4 N–H and O–H groups in total. The highest BCUT2D eigenvalue weighted by molar-refractivity contribution is 5.99. The highest BCUT2D eigenvalue weighted by Gasteiger charge is 2.11. The summed E-state index contributed by atoms with van der Waals surface area (Å²) in [6.07, 6.45) is 2.08. The van der Waals surface area contributed by atoms with Crippen molar-refractivity contribution in [2.75, 3.05) is 29.7 Å². The minimum atomic E-state index is -0.891. The number of carboxylic acid groups (broad SMARTS) is 1.